The van der Waals surface area contributed by atoms with E-state index in [2.05, 4.69) is 22.3 Å². The van der Waals surface area contributed by atoms with Gasteiger partial charge in [-0.25, -0.2) is 4.79 Å². The molecule has 280 valence electrons. The lowest BCUT2D eigenvalue weighted by molar-refractivity contribution is -0.288. The Kier molecular flexibility index (Phi) is 14.7. The van der Waals surface area contributed by atoms with E-state index in [1.807, 2.05) is 27.7 Å². The first-order valence-corrected chi connectivity index (χ1v) is 17.8. The minimum atomic E-state index is -1.22. The van der Waals surface area contributed by atoms with Gasteiger partial charge in [-0.3, -0.25) is 14.5 Å². The van der Waals surface area contributed by atoms with Crippen molar-refractivity contribution >= 4 is 17.8 Å². The lowest BCUT2D eigenvalue weighted by Crippen LogP contribution is -2.61. The molecule has 15 nitrogen and oxygen atoms in total. The molecule has 3 heterocycles. The molecule has 0 spiro atoms. The summed E-state index contributed by atoms with van der Waals surface area (Å²) in [5.74, 6) is -3.14. The van der Waals surface area contributed by atoms with E-state index in [1.165, 1.54) is 6.92 Å². The molecule has 0 bridgehead atoms. The number of ether oxygens (including phenoxy) is 5. The monoisotopic (exact) mass is 696 g/mol. The predicted octanol–water partition coefficient (Wildman–Crippen LogP) is 3.84. The van der Waals surface area contributed by atoms with Crippen molar-refractivity contribution in [1.82, 2.24) is 10.2 Å². The van der Waals surface area contributed by atoms with Crippen LogP contribution in [0.25, 0.3) is 10.4 Å². The van der Waals surface area contributed by atoms with Crippen LogP contribution in [0.3, 0.4) is 0 Å². The van der Waals surface area contributed by atoms with E-state index >= 15 is 0 Å². The fraction of sp³-hybridized carbons (Fsp3) is 0.912. The zero-order chi connectivity index (χ0) is 36.7. The summed E-state index contributed by atoms with van der Waals surface area (Å²) in [5.41, 5.74) is 12.6. The smallest absolute Gasteiger partial charge is 0.410 e. The average Bonchev–Trinajstić information content (AvgIpc) is 3.31. The molecule has 0 aromatic heterocycles. The Morgan fingerprint density at radius 1 is 1.16 bits per heavy atom. The summed E-state index contributed by atoms with van der Waals surface area (Å²) in [6.07, 6.45) is -1.57. The molecule has 49 heavy (non-hydrogen) atoms. The van der Waals surface area contributed by atoms with Gasteiger partial charge >= 0.3 is 12.1 Å². The average molecular weight is 697 g/mol. The van der Waals surface area contributed by atoms with Gasteiger partial charge in [0.05, 0.1) is 23.9 Å². The number of nitrogens with one attached hydrogen (secondary N) is 1. The van der Waals surface area contributed by atoms with Crippen molar-refractivity contribution in [3.8, 4) is 0 Å². The van der Waals surface area contributed by atoms with Crippen molar-refractivity contribution in [2.75, 3.05) is 26.7 Å². The van der Waals surface area contributed by atoms with Crippen molar-refractivity contribution in [3.63, 3.8) is 0 Å². The predicted molar refractivity (Wildman–Crippen MR) is 181 cm³/mol. The summed E-state index contributed by atoms with van der Waals surface area (Å²) in [6, 6.07) is -1.33. The number of azide groups is 1. The van der Waals surface area contributed by atoms with Crippen molar-refractivity contribution in [1.29, 1.82) is 0 Å². The van der Waals surface area contributed by atoms with E-state index in [4.69, 9.17) is 34.9 Å². The molecule has 15 heteroatoms. The number of hydrogen-bond acceptors (Lipinski definition) is 12. The molecule has 3 aliphatic rings. The minimum Gasteiger partial charge on any atom is -0.458 e. The number of cyclic esters (lactones) is 1. The number of carbonyl (C=O) groups is 3. The molecular formula is C34H60N6O9. The first kappa shape index (κ1) is 40.9. The molecular weight excluding hydrogens is 636 g/mol. The van der Waals surface area contributed by atoms with Crippen LogP contribution < -0.4 is 11.1 Å². The minimum absolute atomic E-state index is 0.0831. The maximum atomic E-state index is 14.1. The number of carbonyl (C=O) groups excluding carboxylic acids is 3. The fourth-order valence-corrected chi connectivity index (χ4v) is 7.92. The molecule has 0 aromatic carbocycles. The molecule has 3 aliphatic heterocycles. The summed E-state index contributed by atoms with van der Waals surface area (Å²) in [4.78, 5) is 45.8. The van der Waals surface area contributed by atoms with Gasteiger partial charge in [0, 0.05) is 43.1 Å². The lowest BCUT2D eigenvalue weighted by Gasteiger charge is -2.45. The summed E-state index contributed by atoms with van der Waals surface area (Å²) >= 11 is 0. The molecule has 0 aliphatic carbocycles. The number of esters is 1. The Morgan fingerprint density at radius 2 is 1.86 bits per heavy atom. The Hall–Kier alpha value is -2.52. The van der Waals surface area contributed by atoms with Gasteiger partial charge in [-0.05, 0) is 91.1 Å². The number of aliphatic hydroxyl groups excluding tert-OH is 1. The second-order valence-corrected chi connectivity index (χ2v) is 14.7. The normalized spacial score (nSPS) is 41.4. The van der Waals surface area contributed by atoms with Crippen LogP contribution in [0, 0.1) is 17.8 Å². The maximum absolute atomic E-state index is 14.1. The topological polar surface area (TPSA) is 208 Å². The van der Waals surface area contributed by atoms with Crippen LogP contribution in [0.15, 0.2) is 5.11 Å². The van der Waals surface area contributed by atoms with E-state index in [-0.39, 0.29) is 18.1 Å². The van der Waals surface area contributed by atoms with Gasteiger partial charge in [-0.15, -0.1) is 0 Å². The third-order valence-electron chi connectivity index (χ3n) is 10.8. The van der Waals surface area contributed by atoms with E-state index in [9.17, 15) is 19.5 Å². The van der Waals surface area contributed by atoms with Gasteiger partial charge in [0.1, 0.15) is 18.1 Å². The van der Waals surface area contributed by atoms with Crippen molar-refractivity contribution < 1.29 is 43.2 Å². The number of Topliss-reactive ketones (excluding diaryl/α,β-unsaturated/α-hetero) is 1. The highest BCUT2D eigenvalue weighted by Gasteiger charge is 2.58. The number of unbranched alkanes of at least 4 members (excludes halogenated alkanes) is 1. The van der Waals surface area contributed by atoms with Gasteiger partial charge in [-0.2, -0.15) is 0 Å². The highest BCUT2D eigenvalue weighted by atomic mass is 16.7. The van der Waals surface area contributed by atoms with Crippen LogP contribution in [0.2, 0.25) is 0 Å². The molecule has 4 N–H and O–H groups in total. The highest BCUT2D eigenvalue weighted by Crippen LogP contribution is 2.40. The Bertz CT molecular complexity index is 1190. The Morgan fingerprint density at radius 3 is 2.49 bits per heavy atom. The SMILES string of the molecule is CC[C@H]1OC(=O)[C@H](C)C(=O)[C@H](C)[C@@H](O[C@@H]2OC(C)CC(N)C2O)[C@](C)(OC)C[C@@H](C)CCN[C@H](C)[C@H]2N(CCCCN=[N+]=[N-])C(=O)O[C@]12C. The number of nitrogens with zero attached hydrogens (tertiary/aromatic N) is 4. The second-order valence-electron chi connectivity index (χ2n) is 14.7. The summed E-state index contributed by atoms with van der Waals surface area (Å²) < 4.78 is 30.7. The summed E-state index contributed by atoms with van der Waals surface area (Å²) in [5, 5.41) is 18.1. The van der Waals surface area contributed by atoms with Crippen LogP contribution in [0.4, 0.5) is 4.79 Å². The standard InChI is InChI=1S/C34H60N6O9/c1-10-25-34(8)28(40(32(44)49-34)16-12-11-14-38-39-36)23(6)37-15-13-19(2)18-33(7,45-9)29(21(4)26(41)22(5)30(43)47-25)48-31-27(42)24(35)17-20(3)46-31/h19-25,27-29,31,37,42H,10-18,35H2,1-9H3/t19-,20?,21-,22+,23+,24?,25+,27?,28+,29+,31-,33+,34+/m0/s1. The van der Waals surface area contributed by atoms with Crippen LogP contribution in [0.1, 0.15) is 93.9 Å². The van der Waals surface area contributed by atoms with Crippen LogP contribution in [-0.2, 0) is 33.3 Å². The molecule has 3 fully saturated rings. The van der Waals surface area contributed by atoms with E-state index in [0.29, 0.717) is 51.7 Å². The zero-order valence-corrected chi connectivity index (χ0v) is 30.8. The van der Waals surface area contributed by atoms with Gasteiger partial charge in [-0.1, -0.05) is 25.9 Å². The van der Waals surface area contributed by atoms with E-state index in [1.54, 1.807) is 25.9 Å². The first-order valence-electron chi connectivity index (χ1n) is 17.8. The Balaban J connectivity index is 1.99. The molecule has 0 saturated carbocycles. The highest BCUT2D eigenvalue weighted by molar-refractivity contribution is 6.00. The first-order chi connectivity index (χ1) is 23.0. The molecule has 3 rings (SSSR count). The quantitative estimate of drug-likeness (QED) is 0.0788. The lowest BCUT2D eigenvalue weighted by atomic mass is 9.78. The van der Waals surface area contributed by atoms with Gasteiger partial charge in [0.2, 0.25) is 0 Å². The molecule has 0 aromatic rings. The fourth-order valence-electron chi connectivity index (χ4n) is 7.92. The third kappa shape index (κ3) is 9.43. The molecule has 3 unspecified atom stereocenters. The number of aliphatic hydroxyl groups is 1. The van der Waals surface area contributed by atoms with Gasteiger partial charge in [0.15, 0.2) is 17.7 Å². The number of ketones is 1. The molecule has 0 radical (unpaired) electrons. The van der Waals surface area contributed by atoms with Crippen molar-refractivity contribution in [2.24, 2.45) is 28.6 Å². The number of methoxy groups -OCH3 is 1. The molecule has 3 saturated heterocycles. The number of rotatable bonds is 9. The molecule has 1 amide bonds. The molecule has 13 atom stereocenters. The number of nitrogens with two attached hydrogens (primary N) is 1. The largest absolute Gasteiger partial charge is 0.458 e. The number of fused-ring (bicyclic) bond motifs is 1. The van der Waals surface area contributed by atoms with Crippen LogP contribution >= 0.6 is 0 Å². The van der Waals surface area contributed by atoms with Crippen LogP contribution in [0.5, 0.6) is 0 Å². The van der Waals surface area contributed by atoms with Crippen molar-refractivity contribution in [2.45, 2.75) is 154 Å². The Labute approximate surface area is 290 Å². The second kappa shape index (κ2) is 17.6. The van der Waals surface area contributed by atoms with E-state index < -0.39 is 77.6 Å². The summed E-state index contributed by atoms with van der Waals surface area (Å²) in [6.45, 7) is 15.9. The van der Waals surface area contributed by atoms with Crippen molar-refractivity contribution in [3.05, 3.63) is 10.4 Å². The third-order valence-corrected chi connectivity index (χ3v) is 10.8. The van der Waals surface area contributed by atoms with Gasteiger partial charge in [0.25, 0.3) is 0 Å². The van der Waals surface area contributed by atoms with Gasteiger partial charge < -0.3 is 39.8 Å². The van der Waals surface area contributed by atoms with E-state index in [0.717, 1.165) is 6.42 Å². The maximum Gasteiger partial charge on any atom is 0.410 e. The number of hydrogen-bond donors (Lipinski definition) is 3. The summed E-state index contributed by atoms with van der Waals surface area (Å²) in [7, 11) is 1.56. The zero-order valence-electron chi connectivity index (χ0n) is 30.8. The number of amides is 1. The van der Waals surface area contributed by atoms with Crippen LogP contribution in [-0.4, -0.2) is 115 Å².